The van der Waals surface area contributed by atoms with E-state index < -0.39 is 0 Å². The summed E-state index contributed by atoms with van der Waals surface area (Å²) in [6.45, 7) is 6.76. The number of pyridine rings is 1. The zero-order valence-corrected chi connectivity index (χ0v) is 19.5. The molecule has 0 bridgehead atoms. The van der Waals surface area contributed by atoms with Gasteiger partial charge in [-0.15, -0.1) is 10.2 Å². The van der Waals surface area contributed by atoms with Crippen LogP contribution in [0.15, 0.2) is 52.4 Å². The molecule has 10 heteroatoms. The molecule has 1 aliphatic heterocycles. The van der Waals surface area contributed by atoms with Crippen LogP contribution in [0.5, 0.6) is 0 Å². The average Bonchev–Trinajstić information content (AvgIpc) is 3.30. The third-order valence-electron chi connectivity index (χ3n) is 5.49. The van der Waals surface area contributed by atoms with Gasteiger partial charge >= 0.3 is 0 Å². The summed E-state index contributed by atoms with van der Waals surface area (Å²) in [4.78, 5) is 32.9. The second-order valence-corrected chi connectivity index (χ2v) is 8.80. The molecule has 3 aromatic rings. The normalized spacial score (nSPS) is 14.3. The van der Waals surface area contributed by atoms with Gasteiger partial charge in [0.1, 0.15) is 0 Å². The zero-order valence-electron chi connectivity index (χ0n) is 18.7. The average molecular weight is 467 g/mol. The Morgan fingerprint density at radius 2 is 1.73 bits per heavy atom. The van der Waals surface area contributed by atoms with E-state index in [0.29, 0.717) is 43.8 Å². The fourth-order valence-electron chi connectivity index (χ4n) is 3.64. The number of piperazine rings is 1. The fourth-order valence-corrected chi connectivity index (χ4v) is 4.31. The highest BCUT2D eigenvalue weighted by molar-refractivity contribution is 7.99. The maximum atomic E-state index is 12.6. The van der Waals surface area contributed by atoms with E-state index in [1.54, 1.807) is 24.5 Å². The topological polar surface area (TPSA) is 104 Å². The Balaban J connectivity index is 1.21. The van der Waals surface area contributed by atoms with Crippen molar-refractivity contribution in [3.8, 4) is 11.5 Å². The van der Waals surface area contributed by atoms with Gasteiger partial charge in [0.05, 0.1) is 12.3 Å². The van der Waals surface area contributed by atoms with E-state index in [1.807, 2.05) is 36.9 Å². The van der Waals surface area contributed by atoms with Crippen molar-refractivity contribution in [2.75, 3.05) is 43.8 Å². The van der Waals surface area contributed by atoms with Gasteiger partial charge in [-0.2, -0.15) is 0 Å². The second kappa shape index (κ2) is 10.6. The van der Waals surface area contributed by atoms with Crippen LogP contribution < -0.4 is 5.32 Å². The molecule has 0 unspecified atom stereocenters. The second-order valence-electron chi connectivity index (χ2n) is 7.87. The van der Waals surface area contributed by atoms with Crippen molar-refractivity contribution >= 4 is 29.3 Å². The molecule has 0 saturated carbocycles. The van der Waals surface area contributed by atoms with Gasteiger partial charge in [-0.1, -0.05) is 30.0 Å². The van der Waals surface area contributed by atoms with E-state index in [-0.39, 0.29) is 17.6 Å². The maximum Gasteiger partial charge on any atom is 0.277 e. The predicted octanol–water partition coefficient (Wildman–Crippen LogP) is 2.62. The van der Waals surface area contributed by atoms with Crippen molar-refractivity contribution in [2.24, 2.45) is 0 Å². The summed E-state index contributed by atoms with van der Waals surface area (Å²) >= 11 is 1.23. The standard InChI is InChI=1S/C23H26N6O3S/c1-16-4-3-5-17(2)21(16)25-19(30)14-28-10-12-29(13-11-28)20(31)15-33-23-27-26-22(32-23)18-6-8-24-9-7-18/h3-9H,10-15H2,1-2H3,(H,25,30). The third-order valence-corrected chi connectivity index (χ3v) is 6.29. The summed E-state index contributed by atoms with van der Waals surface area (Å²) < 4.78 is 5.62. The minimum absolute atomic E-state index is 0.0169. The molecular formula is C23H26N6O3S. The summed E-state index contributed by atoms with van der Waals surface area (Å²) in [6, 6.07) is 9.52. The number of nitrogens with one attached hydrogen (secondary N) is 1. The van der Waals surface area contributed by atoms with Gasteiger partial charge < -0.3 is 14.6 Å². The Kier molecular flexibility index (Phi) is 7.36. The van der Waals surface area contributed by atoms with Crippen LogP contribution in [0, 0.1) is 13.8 Å². The quantitative estimate of drug-likeness (QED) is 0.530. The zero-order chi connectivity index (χ0) is 23.2. The Morgan fingerprint density at radius 1 is 1.03 bits per heavy atom. The number of carbonyl (C=O) groups excluding carboxylic acids is 2. The lowest BCUT2D eigenvalue weighted by atomic mass is 10.1. The molecule has 0 atom stereocenters. The number of hydrogen-bond acceptors (Lipinski definition) is 8. The van der Waals surface area contributed by atoms with Gasteiger partial charge in [0.25, 0.3) is 5.22 Å². The molecule has 2 amide bonds. The first-order valence-electron chi connectivity index (χ1n) is 10.7. The van der Waals surface area contributed by atoms with Crippen molar-refractivity contribution in [1.82, 2.24) is 25.0 Å². The number of benzene rings is 1. The number of amides is 2. The smallest absolute Gasteiger partial charge is 0.277 e. The molecule has 1 aliphatic rings. The lowest BCUT2D eigenvalue weighted by Gasteiger charge is -2.34. The number of aryl methyl sites for hydroxylation is 2. The van der Waals surface area contributed by atoms with Crippen LogP contribution >= 0.6 is 11.8 Å². The number of aromatic nitrogens is 3. The van der Waals surface area contributed by atoms with E-state index in [0.717, 1.165) is 22.4 Å². The molecule has 2 aromatic heterocycles. The molecule has 9 nitrogen and oxygen atoms in total. The third kappa shape index (κ3) is 5.96. The van der Waals surface area contributed by atoms with Crippen LogP contribution in [-0.2, 0) is 9.59 Å². The molecule has 172 valence electrons. The Labute approximate surface area is 196 Å². The van der Waals surface area contributed by atoms with Crippen molar-refractivity contribution in [3.05, 3.63) is 53.9 Å². The summed E-state index contributed by atoms with van der Waals surface area (Å²) in [5.41, 5.74) is 3.76. The highest BCUT2D eigenvalue weighted by atomic mass is 32.2. The van der Waals surface area contributed by atoms with Gasteiger partial charge in [0.2, 0.25) is 17.7 Å². The number of nitrogens with zero attached hydrogens (tertiary/aromatic N) is 5. The Bertz CT molecular complexity index is 1090. The molecule has 4 rings (SSSR count). The summed E-state index contributed by atoms with van der Waals surface area (Å²) in [5.74, 6) is 0.609. The van der Waals surface area contributed by atoms with Crippen molar-refractivity contribution in [3.63, 3.8) is 0 Å². The van der Waals surface area contributed by atoms with E-state index in [1.165, 1.54) is 11.8 Å². The minimum atomic E-state index is -0.0378. The molecular weight excluding hydrogens is 440 g/mol. The van der Waals surface area contributed by atoms with Gasteiger partial charge in [-0.3, -0.25) is 19.5 Å². The lowest BCUT2D eigenvalue weighted by Crippen LogP contribution is -2.50. The molecule has 1 fully saturated rings. The molecule has 0 aliphatic carbocycles. The molecule has 0 spiro atoms. The monoisotopic (exact) mass is 466 g/mol. The van der Waals surface area contributed by atoms with Gasteiger partial charge in [0, 0.05) is 49.8 Å². The predicted molar refractivity (Wildman–Crippen MR) is 126 cm³/mol. The fraction of sp³-hybridized carbons (Fsp3) is 0.348. The first-order valence-corrected chi connectivity index (χ1v) is 11.7. The summed E-state index contributed by atoms with van der Waals surface area (Å²) in [7, 11) is 0. The van der Waals surface area contributed by atoms with Crippen molar-refractivity contribution in [1.29, 1.82) is 0 Å². The van der Waals surface area contributed by atoms with Crippen LogP contribution in [0.2, 0.25) is 0 Å². The van der Waals surface area contributed by atoms with Crippen LogP contribution in [-0.4, -0.2) is 75.3 Å². The lowest BCUT2D eigenvalue weighted by molar-refractivity contribution is -0.130. The van der Waals surface area contributed by atoms with Crippen molar-refractivity contribution in [2.45, 2.75) is 19.1 Å². The molecule has 1 aromatic carbocycles. The Morgan fingerprint density at radius 3 is 2.42 bits per heavy atom. The minimum Gasteiger partial charge on any atom is -0.411 e. The van der Waals surface area contributed by atoms with Gasteiger partial charge in [-0.05, 0) is 37.1 Å². The van der Waals surface area contributed by atoms with E-state index in [4.69, 9.17) is 4.42 Å². The van der Waals surface area contributed by atoms with Crippen LogP contribution in [0.1, 0.15) is 11.1 Å². The number of anilines is 1. The number of rotatable bonds is 7. The molecule has 0 radical (unpaired) electrons. The van der Waals surface area contributed by atoms with Gasteiger partial charge in [0.15, 0.2) is 0 Å². The highest BCUT2D eigenvalue weighted by Gasteiger charge is 2.23. The molecule has 3 heterocycles. The van der Waals surface area contributed by atoms with Crippen molar-refractivity contribution < 1.29 is 14.0 Å². The van der Waals surface area contributed by atoms with Crippen LogP contribution in [0.4, 0.5) is 5.69 Å². The number of carbonyl (C=O) groups is 2. The number of para-hydroxylation sites is 1. The number of hydrogen-bond donors (Lipinski definition) is 1. The molecule has 1 N–H and O–H groups in total. The maximum absolute atomic E-state index is 12.6. The summed E-state index contributed by atoms with van der Waals surface area (Å²) in [5, 5.41) is 11.4. The molecule has 33 heavy (non-hydrogen) atoms. The Hall–Kier alpha value is -3.24. The number of thioether (sulfide) groups is 1. The highest BCUT2D eigenvalue weighted by Crippen LogP contribution is 2.23. The van der Waals surface area contributed by atoms with E-state index >= 15 is 0 Å². The van der Waals surface area contributed by atoms with E-state index in [9.17, 15) is 9.59 Å². The SMILES string of the molecule is Cc1cccc(C)c1NC(=O)CN1CCN(C(=O)CSc2nnc(-c3ccncc3)o2)CC1. The molecule has 1 saturated heterocycles. The van der Waals surface area contributed by atoms with Gasteiger partial charge in [-0.25, -0.2) is 0 Å². The van der Waals surface area contributed by atoms with Crippen LogP contribution in [0.25, 0.3) is 11.5 Å². The first kappa shape index (κ1) is 22.9. The van der Waals surface area contributed by atoms with Crippen LogP contribution in [0.3, 0.4) is 0 Å². The first-order chi connectivity index (χ1) is 16.0. The van der Waals surface area contributed by atoms with E-state index in [2.05, 4.69) is 25.4 Å². The largest absolute Gasteiger partial charge is 0.411 e. The summed E-state index contributed by atoms with van der Waals surface area (Å²) in [6.07, 6.45) is 3.31.